The monoisotopic (exact) mass is 520 g/mol. The summed E-state index contributed by atoms with van der Waals surface area (Å²) in [6.45, 7) is 11.1. The van der Waals surface area contributed by atoms with Crippen molar-refractivity contribution in [3.63, 3.8) is 0 Å². The highest BCUT2D eigenvalue weighted by Gasteiger charge is 2.36. The Kier molecular flexibility index (Phi) is 8.02. The van der Waals surface area contributed by atoms with Gasteiger partial charge in [-0.05, 0) is 65.6 Å². The van der Waals surface area contributed by atoms with Crippen LogP contribution in [0.25, 0.3) is 6.08 Å². The smallest absolute Gasteiger partial charge is 0.283 e. The zero-order valence-corrected chi connectivity index (χ0v) is 22.8. The number of carbonyl (C=O) groups is 1. The highest BCUT2D eigenvalue weighted by atomic mass is 32.2. The number of amides is 1. The average Bonchev–Trinajstić information content (AvgIpc) is 3.29. The second-order valence-electron chi connectivity index (χ2n) is 9.42. The van der Waals surface area contributed by atoms with Crippen molar-refractivity contribution in [2.75, 3.05) is 20.3 Å². The predicted octanol–water partition coefficient (Wildman–Crippen LogP) is 5.86. The summed E-state index contributed by atoms with van der Waals surface area (Å²) in [5.41, 5.74) is 3.17. The molecule has 2 aliphatic heterocycles. The third-order valence-corrected chi connectivity index (χ3v) is 7.06. The van der Waals surface area contributed by atoms with Crippen LogP contribution in [0.4, 0.5) is 0 Å². The lowest BCUT2D eigenvalue weighted by atomic mass is 10.0. The first-order valence-corrected chi connectivity index (χ1v) is 13.0. The van der Waals surface area contributed by atoms with E-state index in [0.29, 0.717) is 41.4 Å². The van der Waals surface area contributed by atoms with Crippen LogP contribution in [0, 0.1) is 18.3 Å². The Labute approximate surface area is 221 Å². The lowest BCUT2D eigenvalue weighted by Crippen LogP contribution is -2.35. The molecule has 0 atom stereocenters. The number of thioether (sulfide) groups is 1. The molecular formula is C28H32N4O4S. The maximum absolute atomic E-state index is 12.7. The number of ether oxygens (including phenoxy) is 3. The molecule has 4 rings (SSSR count). The quantitative estimate of drug-likeness (QED) is 0.329. The van der Waals surface area contributed by atoms with Crippen molar-refractivity contribution in [1.82, 2.24) is 5.01 Å². The molecule has 0 saturated heterocycles. The van der Waals surface area contributed by atoms with Gasteiger partial charge in [-0.1, -0.05) is 45.9 Å². The van der Waals surface area contributed by atoms with Crippen LogP contribution in [0.5, 0.6) is 17.2 Å². The minimum atomic E-state index is -0.461. The largest absolute Gasteiger partial charge is 0.493 e. The number of hydrogen-bond donors (Lipinski definition) is 1. The van der Waals surface area contributed by atoms with Crippen LogP contribution >= 0.6 is 11.8 Å². The summed E-state index contributed by atoms with van der Waals surface area (Å²) in [7, 11) is 1.56. The zero-order chi connectivity index (χ0) is 26.7. The number of hydrogen-bond acceptors (Lipinski definition) is 7. The minimum absolute atomic E-state index is 0.00603. The number of nitrogens with zero attached hydrogens (tertiary/aromatic N) is 3. The molecular weight excluding hydrogens is 488 g/mol. The number of methoxy groups -OCH3 is 1. The van der Waals surface area contributed by atoms with Crippen molar-refractivity contribution >= 4 is 39.8 Å². The van der Waals surface area contributed by atoms with Gasteiger partial charge in [0.25, 0.3) is 5.91 Å². The number of nitrogens with one attached hydrogen (secondary N) is 1. The highest BCUT2D eigenvalue weighted by molar-refractivity contribution is 8.27. The van der Waals surface area contributed by atoms with Crippen molar-refractivity contribution in [3.05, 3.63) is 58.7 Å². The molecule has 0 fully saturated rings. The SMILES string of the molecule is COc1cc(C=C2C(=N)N3N=C(C(C)C)SC3=NC2=O)ccc1OCCOc1cc(C)ccc1C(C)C. The summed E-state index contributed by atoms with van der Waals surface area (Å²) in [5, 5.41) is 15.7. The van der Waals surface area contributed by atoms with Gasteiger partial charge in [-0.15, -0.1) is 0 Å². The molecule has 0 aromatic heterocycles. The fourth-order valence-corrected chi connectivity index (χ4v) is 4.74. The van der Waals surface area contributed by atoms with Crippen LogP contribution in [-0.4, -0.2) is 47.3 Å². The molecule has 0 spiro atoms. The second kappa shape index (κ2) is 11.2. The predicted molar refractivity (Wildman–Crippen MR) is 149 cm³/mol. The van der Waals surface area contributed by atoms with E-state index in [4.69, 9.17) is 19.6 Å². The van der Waals surface area contributed by atoms with Crippen LogP contribution in [-0.2, 0) is 4.79 Å². The van der Waals surface area contributed by atoms with Crippen LogP contribution < -0.4 is 14.2 Å². The Morgan fingerprint density at radius 2 is 1.73 bits per heavy atom. The summed E-state index contributed by atoms with van der Waals surface area (Å²) < 4.78 is 17.5. The molecule has 1 amide bonds. The molecule has 0 radical (unpaired) electrons. The van der Waals surface area contributed by atoms with Gasteiger partial charge >= 0.3 is 0 Å². The number of amidine groups is 2. The molecule has 2 aliphatic rings. The lowest BCUT2D eigenvalue weighted by Gasteiger charge is -2.20. The maximum atomic E-state index is 12.7. The molecule has 0 saturated carbocycles. The van der Waals surface area contributed by atoms with Crippen molar-refractivity contribution in [1.29, 1.82) is 5.41 Å². The Morgan fingerprint density at radius 1 is 1.00 bits per heavy atom. The third kappa shape index (κ3) is 5.88. The van der Waals surface area contributed by atoms with Gasteiger partial charge in [-0.2, -0.15) is 15.1 Å². The Balaban J connectivity index is 1.44. The topological polar surface area (TPSA) is 96.6 Å². The van der Waals surface area contributed by atoms with Gasteiger partial charge < -0.3 is 14.2 Å². The number of fused-ring (bicyclic) bond motifs is 1. The molecule has 0 aliphatic carbocycles. The van der Waals surface area contributed by atoms with Gasteiger partial charge in [0.05, 0.1) is 12.7 Å². The Hall–Kier alpha value is -3.59. The van der Waals surface area contributed by atoms with Crippen molar-refractivity contribution in [3.8, 4) is 17.2 Å². The number of carbonyl (C=O) groups excluding carboxylic acids is 1. The average molecular weight is 521 g/mol. The summed E-state index contributed by atoms with van der Waals surface area (Å²) in [5.74, 6) is 2.05. The number of aliphatic imine (C=N–C) groups is 1. The van der Waals surface area contributed by atoms with Crippen molar-refractivity contribution in [2.24, 2.45) is 16.0 Å². The first kappa shape index (κ1) is 26.5. The fourth-order valence-electron chi connectivity index (χ4n) is 3.85. The minimum Gasteiger partial charge on any atom is -0.493 e. The molecule has 194 valence electrons. The van der Waals surface area contributed by atoms with Gasteiger partial charge in [0.2, 0.25) is 5.17 Å². The van der Waals surface area contributed by atoms with Crippen molar-refractivity contribution in [2.45, 2.75) is 40.5 Å². The van der Waals surface area contributed by atoms with Gasteiger partial charge in [-0.25, -0.2) is 0 Å². The van der Waals surface area contributed by atoms with Gasteiger partial charge in [0, 0.05) is 5.92 Å². The normalized spacial score (nSPS) is 16.3. The van der Waals surface area contributed by atoms with E-state index in [-0.39, 0.29) is 17.3 Å². The Morgan fingerprint density at radius 3 is 2.41 bits per heavy atom. The molecule has 37 heavy (non-hydrogen) atoms. The summed E-state index contributed by atoms with van der Waals surface area (Å²) >= 11 is 1.33. The summed E-state index contributed by atoms with van der Waals surface area (Å²) in [4.78, 5) is 16.8. The molecule has 2 aromatic rings. The van der Waals surface area contributed by atoms with E-state index in [0.717, 1.165) is 16.4 Å². The van der Waals surface area contributed by atoms with Crippen LogP contribution in [0.15, 0.2) is 52.1 Å². The van der Waals surface area contributed by atoms with Crippen LogP contribution in [0.3, 0.4) is 0 Å². The molecule has 8 nitrogen and oxygen atoms in total. The molecule has 2 aromatic carbocycles. The number of benzene rings is 2. The summed E-state index contributed by atoms with van der Waals surface area (Å²) in [6, 6.07) is 11.6. The third-order valence-electron chi connectivity index (χ3n) is 5.85. The van der Waals surface area contributed by atoms with Gasteiger partial charge in [0.15, 0.2) is 17.3 Å². The molecule has 9 heteroatoms. The molecule has 0 unspecified atom stereocenters. The number of hydrazone groups is 1. The highest BCUT2D eigenvalue weighted by Crippen LogP contribution is 2.33. The number of rotatable bonds is 9. The molecule has 2 heterocycles. The fraction of sp³-hybridized carbons (Fsp3) is 0.357. The first-order chi connectivity index (χ1) is 17.7. The van der Waals surface area contributed by atoms with Crippen molar-refractivity contribution < 1.29 is 19.0 Å². The maximum Gasteiger partial charge on any atom is 0.283 e. The van der Waals surface area contributed by atoms with E-state index in [1.165, 1.54) is 22.3 Å². The van der Waals surface area contributed by atoms with Crippen LogP contribution in [0.2, 0.25) is 0 Å². The van der Waals surface area contributed by atoms with E-state index in [1.54, 1.807) is 25.3 Å². The van der Waals surface area contributed by atoms with Gasteiger partial charge in [-0.3, -0.25) is 10.2 Å². The van der Waals surface area contributed by atoms with E-state index in [2.05, 4.69) is 36.1 Å². The summed E-state index contributed by atoms with van der Waals surface area (Å²) in [6.07, 6.45) is 1.62. The van der Waals surface area contributed by atoms with E-state index in [9.17, 15) is 4.79 Å². The van der Waals surface area contributed by atoms with E-state index >= 15 is 0 Å². The first-order valence-electron chi connectivity index (χ1n) is 12.2. The molecule has 1 N–H and O–H groups in total. The number of aryl methyl sites for hydroxylation is 1. The van der Waals surface area contributed by atoms with Crippen LogP contribution in [0.1, 0.15) is 50.3 Å². The lowest BCUT2D eigenvalue weighted by molar-refractivity contribution is -0.114. The Bertz CT molecular complexity index is 1310. The molecule has 0 bridgehead atoms. The van der Waals surface area contributed by atoms with E-state index < -0.39 is 5.91 Å². The zero-order valence-electron chi connectivity index (χ0n) is 22.0. The van der Waals surface area contributed by atoms with Gasteiger partial charge in [0.1, 0.15) is 24.0 Å². The standard InChI is InChI=1S/C28H32N4O4S/c1-16(2)20-9-7-18(5)13-23(20)36-12-11-35-22-10-8-19(15-24(22)34-6)14-21-25(29)32-28(30-26(21)33)37-27(31-32)17(3)4/h7-10,13-17,29H,11-12H2,1-6H3. The van der Waals surface area contributed by atoms with E-state index in [1.807, 2.05) is 32.9 Å². The second-order valence-corrected chi connectivity index (χ2v) is 10.4.